The van der Waals surface area contributed by atoms with Crippen molar-refractivity contribution in [1.82, 2.24) is 15.0 Å². The van der Waals surface area contributed by atoms with Gasteiger partial charge in [0.05, 0.1) is 0 Å². The maximum atomic E-state index is 4.76. The van der Waals surface area contributed by atoms with Gasteiger partial charge in [0.25, 0.3) is 0 Å². The van der Waals surface area contributed by atoms with Gasteiger partial charge in [-0.3, -0.25) is 0 Å². The Morgan fingerprint density at radius 1 is 0.333 bits per heavy atom. The number of hydrogen-bond acceptors (Lipinski definition) is 4. The van der Waals surface area contributed by atoms with Crippen LogP contribution in [0.5, 0.6) is 0 Å². The van der Waals surface area contributed by atoms with Crippen molar-refractivity contribution in [3.8, 4) is 78.3 Å². The topological polar surface area (TPSA) is 38.7 Å². The number of fused-ring (bicyclic) bond motifs is 3. The standard InChI is InChI=1S/C67H46N3S.Ir/c1-2-13-50(14-3-1)57-17-12-18-61-60-37-34-53(45-66(60)71-67(57)61)62-44-54(65-21-8-11-40-70-65)35-36-59(62)58-16-5-4-15-56(58)55-42-48(24-22-46-26-30-51(31-27-46)63-19-6-9-38-68-63)41-49(43-55)25-23-47-28-32-52(33-29-47)64-20-7-10-39-69-64;/h1-21,26-30,32,34,36-45H,22-25H2;/q-3;+3. The summed E-state index contributed by atoms with van der Waals surface area (Å²) >= 11 is 1.87. The van der Waals surface area contributed by atoms with E-state index in [4.69, 9.17) is 4.98 Å². The third-order valence-electron chi connectivity index (χ3n) is 13.4. The van der Waals surface area contributed by atoms with E-state index in [9.17, 15) is 0 Å². The van der Waals surface area contributed by atoms with Gasteiger partial charge in [-0.2, -0.15) is 0 Å². The molecule has 0 atom stereocenters. The van der Waals surface area contributed by atoms with E-state index in [1.165, 1.54) is 64.7 Å². The van der Waals surface area contributed by atoms with Crippen LogP contribution in [0.2, 0.25) is 0 Å². The number of hydrogen-bond donors (Lipinski definition) is 0. The van der Waals surface area contributed by atoms with Crippen LogP contribution in [0.4, 0.5) is 0 Å². The molecule has 0 aliphatic carbocycles. The molecule has 72 heavy (non-hydrogen) atoms. The molecule has 0 saturated heterocycles. The number of aryl methyl sites for hydroxylation is 4. The van der Waals surface area contributed by atoms with E-state index in [1.807, 2.05) is 78.5 Å². The summed E-state index contributed by atoms with van der Waals surface area (Å²) < 4.78 is 2.57. The van der Waals surface area contributed by atoms with Gasteiger partial charge in [-0.15, -0.1) is 106 Å². The molecule has 3 nitrogen and oxygen atoms in total. The van der Waals surface area contributed by atoms with Gasteiger partial charge in [0.15, 0.2) is 0 Å². The number of aromatic nitrogens is 3. The molecule has 8 aromatic carbocycles. The SMILES string of the molecule is [Ir+3].[c-]1cc(CCc2cc(CCc3c[c-]c(-c4ccccn4)cc3)cc(-c3ccccc3-c3c[c-]c(-c4ccccn4)cc3-c3ccc4c(c3)sc3c(-c5ccccc5)cccc34)c2)ccc1-c1ccccn1. The van der Waals surface area contributed by atoms with Crippen LogP contribution in [0.1, 0.15) is 22.3 Å². The largest absolute Gasteiger partial charge is 3.00 e. The summed E-state index contributed by atoms with van der Waals surface area (Å²) in [4.78, 5) is 13.8. The third kappa shape index (κ3) is 9.88. The molecule has 12 rings (SSSR count). The third-order valence-corrected chi connectivity index (χ3v) is 14.6. The van der Waals surface area contributed by atoms with Crippen LogP contribution in [0.3, 0.4) is 0 Å². The van der Waals surface area contributed by atoms with Crippen LogP contribution in [0.25, 0.3) is 98.5 Å². The zero-order valence-electron chi connectivity index (χ0n) is 39.4. The van der Waals surface area contributed by atoms with Crippen LogP contribution < -0.4 is 0 Å². The quantitative estimate of drug-likeness (QED) is 0.108. The molecule has 0 aliphatic rings. The predicted octanol–water partition coefficient (Wildman–Crippen LogP) is 16.9. The van der Waals surface area contributed by atoms with Crippen molar-refractivity contribution in [1.29, 1.82) is 0 Å². The van der Waals surface area contributed by atoms with Gasteiger partial charge in [-0.25, -0.2) is 0 Å². The monoisotopic (exact) mass is 1120 g/mol. The van der Waals surface area contributed by atoms with Crippen molar-refractivity contribution < 1.29 is 20.1 Å². The van der Waals surface area contributed by atoms with Crippen molar-refractivity contribution in [3.05, 3.63) is 271 Å². The van der Waals surface area contributed by atoms with E-state index in [0.717, 1.165) is 81.7 Å². The molecular weight excluding hydrogens is 1070 g/mol. The Kier molecular flexibility index (Phi) is 13.7. The van der Waals surface area contributed by atoms with Gasteiger partial charge in [0, 0.05) is 38.8 Å². The Morgan fingerprint density at radius 3 is 1.49 bits per heavy atom. The molecule has 0 amide bonds. The normalized spacial score (nSPS) is 11.2. The van der Waals surface area contributed by atoms with Crippen LogP contribution in [-0.2, 0) is 45.8 Å². The van der Waals surface area contributed by atoms with Gasteiger partial charge < -0.3 is 15.0 Å². The molecule has 344 valence electrons. The zero-order valence-corrected chi connectivity index (χ0v) is 42.6. The summed E-state index contributed by atoms with van der Waals surface area (Å²) in [5.41, 5.74) is 20.3. The molecule has 0 spiro atoms. The molecule has 0 unspecified atom stereocenters. The Hall–Kier alpha value is -7.92. The first-order valence-corrected chi connectivity index (χ1v) is 25.0. The number of benzene rings is 8. The fourth-order valence-electron chi connectivity index (χ4n) is 9.78. The van der Waals surface area contributed by atoms with Gasteiger partial charge >= 0.3 is 20.1 Å². The van der Waals surface area contributed by atoms with Gasteiger partial charge in [0.1, 0.15) is 0 Å². The summed E-state index contributed by atoms with van der Waals surface area (Å²) in [5, 5.41) is 2.56. The Labute approximate surface area is 439 Å². The van der Waals surface area contributed by atoms with Crippen LogP contribution >= 0.6 is 11.3 Å². The van der Waals surface area contributed by atoms with Crippen LogP contribution in [0, 0.1) is 18.2 Å². The summed E-state index contributed by atoms with van der Waals surface area (Å²) in [6, 6.07) is 86.7. The van der Waals surface area contributed by atoms with Gasteiger partial charge in [-0.05, 0) is 93.1 Å². The Balaban J connectivity index is 0.00000560. The first-order valence-electron chi connectivity index (χ1n) is 24.2. The molecule has 12 aromatic rings. The van der Waals surface area contributed by atoms with E-state index in [-0.39, 0.29) is 20.1 Å². The van der Waals surface area contributed by atoms with Crippen molar-refractivity contribution in [3.63, 3.8) is 0 Å². The second-order valence-electron chi connectivity index (χ2n) is 18.0. The van der Waals surface area contributed by atoms with Crippen LogP contribution in [0.15, 0.2) is 231 Å². The van der Waals surface area contributed by atoms with Gasteiger partial charge in [-0.1, -0.05) is 169 Å². The minimum Gasteiger partial charge on any atom is -0.305 e. The molecule has 0 bridgehead atoms. The van der Waals surface area contributed by atoms with Gasteiger partial charge in [0.2, 0.25) is 0 Å². The zero-order chi connectivity index (χ0) is 47.3. The van der Waals surface area contributed by atoms with Crippen molar-refractivity contribution in [2.75, 3.05) is 0 Å². The number of nitrogens with zero attached hydrogens (tertiary/aromatic N) is 3. The van der Waals surface area contributed by atoms with E-state index in [1.54, 1.807) is 0 Å². The average molecular weight is 1120 g/mol. The summed E-state index contributed by atoms with van der Waals surface area (Å²) in [6.07, 6.45) is 9.10. The summed E-state index contributed by atoms with van der Waals surface area (Å²) in [5.74, 6) is 0. The molecule has 0 radical (unpaired) electrons. The van der Waals surface area contributed by atoms with E-state index in [0.29, 0.717) is 0 Å². The first-order chi connectivity index (χ1) is 35.2. The molecule has 0 aliphatic heterocycles. The predicted molar refractivity (Wildman–Crippen MR) is 295 cm³/mol. The van der Waals surface area contributed by atoms with E-state index >= 15 is 0 Å². The minimum atomic E-state index is 0. The van der Waals surface area contributed by atoms with Crippen molar-refractivity contribution in [2.45, 2.75) is 25.7 Å². The first kappa shape index (κ1) is 46.5. The van der Waals surface area contributed by atoms with E-state index in [2.05, 4.69) is 192 Å². The minimum absolute atomic E-state index is 0. The number of rotatable bonds is 13. The Bertz CT molecular complexity index is 3680. The smallest absolute Gasteiger partial charge is 0.305 e. The molecule has 4 heterocycles. The fourth-order valence-corrected chi connectivity index (χ4v) is 11.1. The summed E-state index contributed by atoms with van der Waals surface area (Å²) in [6.45, 7) is 0. The van der Waals surface area contributed by atoms with E-state index < -0.39 is 0 Å². The van der Waals surface area contributed by atoms with Crippen LogP contribution in [-0.4, -0.2) is 15.0 Å². The number of thiophene rings is 1. The molecular formula is C67H46IrN3S. The molecule has 0 saturated carbocycles. The van der Waals surface area contributed by atoms with Crippen molar-refractivity contribution >= 4 is 31.5 Å². The molecule has 4 aromatic heterocycles. The second-order valence-corrected chi connectivity index (χ2v) is 19.0. The molecule has 0 N–H and O–H groups in total. The number of pyridine rings is 3. The molecule has 5 heteroatoms. The molecule has 0 fully saturated rings. The van der Waals surface area contributed by atoms with Crippen molar-refractivity contribution in [2.24, 2.45) is 0 Å². The maximum Gasteiger partial charge on any atom is 3.00 e. The second kappa shape index (κ2) is 21.2. The Morgan fingerprint density at radius 2 is 0.889 bits per heavy atom. The fraction of sp³-hybridized carbons (Fsp3) is 0.0597. The average Bonchev–Trinajstić information content (AvgIpc) is 3.83. The summed E-state index contributed by atoms with van der Waals surface area (Å²) in [7, 11) is 0. The maximum absolute atomic E-state index is 4.76.